The first kappa shape index (κ1) is 14.3. The Balaban J connectivity index is 1.63. The highest BCUT2D eigenvalue weighted by atomic mass is 16.4. The minimum Gasteiger partial charge on any atom is -0.481 e. The Morgan fingerprint density at radius 2 is 2.05 bits per heavy atom. The topological polar surface area (TPSA) is 75.4 Å². The predicted octanol–water partition coefficient (Wildman–Crippen LogP) is 1.35. The van der Waals surface area contributed by atoms with Crippen LogP contribution in [0.3, 0.4) is 0 Å². The molecule has 1 amide bonds. The molecule has 1 aliphatic rings. The van der Waals surface area contributed by atoms with Crippen LogP contribution in [0.15, 0.2) is 42.7 Å². The lowest BCUT2D eigenvalue weighted by molar-refractivity contribution is -0.141. The first-order valence-electron chi connectivity index (χ1n) is 7.23. The quantitative estimate of drug-likeness (QED) is 0.924. The molecule has 2 aromatic rings. The molecule has 114 valence electrons. The molecule has 1 aromatic heterocycles. The van der Waals surface area contributed by atoms with Crippen LogP contribution < -0.4 is 0 Å². The van der Waals surface area contributed by atoms with Crippen LogP contribution in [0, 0.1) is 5.92 Å². The zero-order valence-electron chi connectivity index (χ0n) is 12.1. The molecule has 0 unspecified atom stereocenters. The molecule has 1 N–H and O–H groups in total. The van der Waals surface area contributed by atoms with Crippen molar-refractivity contribution in [2.24, 2.45) is 5.92 Å². The van der Waals surface area contributed by atoms with Gasteiger partial charge in [0.15, 0.2) is 0 Å². The number of carbonyl (C=O) groups is 2. The fourth-order valence-electron chi connectivity index (χ4n) is 2.65. The standard InChI is InChI=1S/C16H17N3O3/c20-15(18-7-6-13(11-18)16(21)22)8-12-9-17-19(10-12)14-4-2-1-3-5-14/h1-5,9-10,13H,6-8,11H2,(H,21,22)/t13-/m0/s1. The van der Waals surface area contributed by atoms with Gasteiger partial charge < -0.3 is 10.0 Å². The van der Waals surface area contributed by atoms with Crippen LogP contribution in [0.2, 0.25) is 0 Å². The van der Waals surface area contributed by atoms with Gasteiger partial charge in [-0.15, -0.1) is 0 Å². The number of aliphatic carboxylic acids is 1. The van der Waals surface area contributed by atoms with E-state index in [1.54, 1.807) is 15.8 Å². The number of carboxylic acid groups (broad SMARTS) is 1. The lowest BCUT2D eigenvalue weighted by Gasteiger charge is -2.14. The van der Waals surface area contributed by atoms with Crippen LogP contribution in [0.25, 0.3) is 5.69 Å². The number of hydrogen-bond acceptors (Lipinski definition) is 3. The molecule has 1 aromatic carbocycles. The van der Waals surface area contributed by atoms with Crippen LogP contribution in [0.4, 0.5) is 0 Å². The van der Waals surface area contributed by atoms with E-state index in [0.29, 0.717) is 19.5 Å². The molecule has 1 atom stereocenters. The Bertz CT molecular complexity index is 681. The van der Waals surface area contributed by atoms with Gasteiger partial charge in [-0.2, -0.15) is 5.10 Å². The van der Waals surface area contributed by atoms with Crippen LogP contribution >= 0.6 is 0 Å². The van der Waals surface area contributed by atoms with Crippen LogP contribution in [0.5, 0.6) is 0 Å². The van der Waals surface area contributed by atoms with Gasteiger partial charge >= 0.3 is 5.97 Å². The van der Waals surface area contributed by atoms with Crippen molar-refractivity contribution in [3.8, 4) is 5.69 Å². The molecular weight excluding hydrogens is 282 g/mol. The molecule has 1 aliphatic heterocycles. The molecule has 0 bridgehead atoms. The molecule has 0 spiro atoms. The minimum absolute atomic E-state index is 0.0450. The number of aromatic nitrogens is 2. The van der Waals surface area contributed by atoms with E-state index < -0.39 is 11.9 Å². The molecule has 1 saturated heterocycles. The van der Waals surface area contributed by atoms with Gasteiger partial charge in [-0.1, -0.05) is 18.2 Å². The van der Waals surface area contributed by atoms with E-state index in [9.17, 15) is 9.59 Å². The van der Waals surface area contributed by atoms with Crippen LogP contribution in [-0.4, -0.2) is 44.8 Å². The Kier molecular flexibility index (Phi) is 3.91. The molecule has 3 rings (SSSR count). The van der Waals surface area contributed by atoms with E-state index in [1.807, 2.05) is 36.5 Å². The summed E-state index contributed by atoms with van der Waals surface area (Å²) in [5.74, 6) is -1.31. The average molecular weight is 299 g/mol. The summed E-state index contributed by atoms with van der Waals surface area (Å²) in [6.45, 7) is 0.823. The van der Waals surface area contributed by atoms with E-state index in [0.717, 1.165) is 11.3 Å². The summed E-state index contributed by atoms with van der Waals surface area (Å²) in [5, 5.41) is 13.2. The zero-order chi connectivity index (χ0) is 15.5. The molecule has 0 aliphatic carbocycles. The fraction of sp³-hybridized carbons (Fsp3) is 0.312. The number of carbonyl (C=O) groups excluding carboxylic acids is 1. The number of amides is 1. The maximum Gasteiger partial charge on any atom is 0.308 e. The summed E-state index contributed by atoms with van der Waals surface area (Å²) in [5.41, 5.74) is 1.76. The first-order valence-corrected chi connectivity index (χ1v) is 7.23. The number of hydrogen-bond donors (Lipinski definition) is 1. The number of rotatable bonds is 4. The summed E-state index contributed by atoms with van der Waals surface area (Å²) >= 11 is 0. The highest BCUT2D eigenvalue weighted by Gasteiger charge is 2.30. The van der Waals surface area contributed by atoms with E-state index in [-0.39, 0.29) is 12.3 Å². The zero-order valence-corrected chi connectivity index (χ0v) is 12.1. The first-order chi connectivity index (χ1) is 10.6. The highest BCUT2D eigenvalue weighted by Crippen LogP contribution is 2.18. The molecule has 1 fully saturated rings. The summed E-state index contributed by atoms with van der Waals surface area (Å²) in [7, 11) is 0. The molecule has 6 nitrogen and oxygen atoms in total. The second-order valence-corrected chi connectivity index (χ2v) is 5.47. The van der Waals surface area contributed by atoms with Gasteiger partial charge in [-0.05, 0) is 24.1 Å². The molecule has 22 heavy (non-hydrogen) atoms. The van der Waals surface area contributed by atoms with Gasteiger partial charge in [-0.3, -0.25) is 9.59 Å². The van der Waals surface area contributed by atoms with Crippen molar-refractivity contribution >= 4 is 11.9 Å². The summed E-state index contributed by atoms with van der Waals surface area (Å²) in [6, 6.07) is 9.67. The van der Waals surface area contributed by atoms with Gasteiger partial charge in [-0.25, -0.2) is 4.68 Å². The van der Waals surface area contributed by atoms with Crippen molar-refractivity contribution < 1.29 is 14.7 Å². The molecule has 6 heteroatoms. The monoisotopic (exact) mass is 299 g/mol. The summed E-state index contributed by atoms with van der Waals surface area (Å²) < 4.78 is 1.73. The number of para-hydroxylation sites is 1. The highest BCUT2D eigenvalue weighted by molar-refractivity contribution is 5.80. The Labute approximate surface area is 128 Å². The van der Waals surface area contributed by atoms with Crippen molar-refractivity contribution in [1.82, 2.24) is 14.7 Å². The molecule has 0 radical (unpaired) electrons. The number of likely N-dealkylation sites (tertiary alicyclic amines) is 1. The third-order valence-corrected chi connectivity index (χ3v) is 3.90. The second kappa shape index (κ2) is 6.01. The van der Waals surface area contributed by atoms with Crippen LogP contribution in [-0.2, 0) is 16.0 Å². The molecular formula is C16H17N3O3. The van der Waals surface area contributed by atoms with Gasteiger partial charge in [0.25, 0.3) is 0 Å². The maximum absolute atomic E-state index is 12.2. The van der Waals surface area contributed by atoms with Crippen molar-refractivity contribution in [1.29, 1.82) is 0 Å². The minimum atomic E-state index is -0.827. The third-order valence-electron chi connectivity index (χ3n) is 3.90. The van der Waals surface area contributed by atoms with Gasteiger partial charge in [0.05, 0.1) is 24.2 Å². The van der Waals surface area contributed by atoms with Crippen molar-refractivity contribution in [3.05, 3.63) is 48.3 Å². The number of nitrogens with zero attached hydrogens (tertiary/aromatic N) is 3. The lowest BCUT2D eigenvalue weighted by Crippen LogP contribution is -2.31. The summed E-state index contributed by atoms with van der Waals surface area (Å²) in [6.07, 6.45) is 4.29. The van der Waals surface area contributed by atoms with E-state index in [4.69, 9.17) is 5.11 Å². The molecule has 2 heterocycles. The predicted molar refractivity (Wildman–Crippen MR) is 79.6 cm³/mol. The van der Waals surface area contributed by atoms with Crippen molar-refractivity contribution in [2.75, 3.05) is 13.1 Å². The third kappa shape index (κ3) is 3.00. The number of benzene rings is 1. The number of carboxylic acids is 1. The van der Waals surface area contributed by atoms with E-state index >= 15 is 0 Å². The largest absolute Gasteiger partial charge is 0.481 e. The van der Waals surface area contributed by atoms with Crippen LogP contribution in [0.1, 0.15) is 12.0 Å². The van der Waals surface area contributed by atoms with Crippen molar-refractivity contribution in [3.63, 3.8) is 0 Å². The smallest absolute Gasteiger partial charge is 0.308 e. The SMILES string of the molecule is O=C(O)[C@H]1CCN(C(=O)Cc2cnn(-c3ccccc3)c2)C1. The Morgan fingerprint density at radius 1 is 1.27 bits per heavy atom. The second-order valence-electron chi connectivity index (χ2n) is 5.47. The maximum atomic E-state index is 12.2. The molecule has 0 saturated carbocycles. The van der Waals surface area contributed by atoms with Gasteiger partial charge in [0.2, 0.25) is 5.91 Å². The van der Waals surface area contributed by atoms with Gasteiger partial charge in [0, 0.05) is 19.3 Å². The summed E-state index contributed by atoms with van der Waals surface area (Å²) in [4.78, 5) is 24.8. The lowest BCUT2D eigenvalue weighted by atomic mass is 10.1. The van der Waals surface area contributed by atoms with E-state index in [1.165, 1.54) is 0 Å². The van der Waals surface area contributed by atoms with E-state index in [2.05, 4.69) is 5.10 Å². The fourth-order valence-corrected chi connectivity index (χ4v) is 2.65. The average Bonchev–Trinajstić information content (AvgIpc) is 3.17. The van der Waals surface area contributed by atoms with Gasteiger partial charge in [0.1, 0.15) is 0 Å². The Morgan fingerprint density at radius 3 is 2.73 bits per heavy atom. The normalized spacial score (nSPS) is 17.6. The Hall–Kier alpha value is -2.63. The van der Waals surface area contributed by atoms with Crippen molar-refractivity contribution in [2.45, 2.75) is 12.8 Å².